The Balaban J connectivity index is 1.20. The Morgan fingerprint density at radius 2 is 1.84 bits per heavy atom. The molecular formula is C24H35N3O5. The number of nitrogens with one attached hydrogen (secondary N) is 2. The van der Waals surface area contributed by atoms with Gasteiger partial charge in [0.15, 0.2) is 0 Å². The van der Waals surface area contributed by atoms with Gasteiger partial charge in [-0.05, 0) is 70.8 Å². The van der Waals surface area contributed by atoms with Gasteiger partial charge in [-0.3, -0.25) is 14.6 Å². The van der Waals surface area contributed by atoms with Crippen LogP contribution in [0.4, 0.5) is 0 Å². The normalized spacial score (nSPS) is 25.4. The number of pyridine rings is 1. The van der Waals surface area contributed by atoms with Crippen molar-refractivity contribution in [3.05, 3.63) is 24.0 Å². The first kappa shape index (κ1) is 23.0. The summed E-state index contributed by atoms with van der Waals surface area (Å²) in [6.45, 7) is 3.44. The first-order valence-electron chi connectivity index (χ1n) is 11.9. The second-order valence-corrected chi connectivity index (χ2v) is 9.50. The minimum absolute atomic E-state index is 0.0166. The number of amides is 2. The van der Waals surface area contributed by atoms with E-state index in [0.29, 0.717) is 31.1 Å². The van der Waals surface area contributed by atoms with Crippen molar-refractivity contribution in [2.75, 3.05) is 19.8 Å². The Morgan fingerprint density at radius 1 is 1.12 bits per heavy atom. The standard InChI is InChI=1S/C24H35N3O5/c1-24(9-12-30-13-10-24)31-16-22(28)26-17-6-7-18(14-17)27-23(29)21-15-20(8-11-25-21)32-19-4-2-3-5-19/h8,11,15,17-19H,2-7,9-10,12-14,16H2,1H3,(H,26,28)(H,27,29)/t17-,18+/m1/s1. The van der Waals surface area contributed by atoms with E-state index in [1.807, 2.05) is 6.92 Å². The molecular weight excluding hydrogens is 410 g/mol. The van der Waals surface area contributed by atoms with Crippen LogP contribution in [0.2, 0.25) is 0 Å². The molecule has 2 N–H and O–H groups in total. The summed E-state index contributed by atoms with van der Waals surface area (Å²) >= 11 is 0. The van der Waals surface area contributed by atoms with Crippen LogP contribution in [-0.4, -0.2) is 60.4 Å². The van der Waals surface area contributed by atoms with Crippen LogP contribution in [0.1, 0.15) is 75.2 Å². The molecule has 1 saturated heterocycles. The lowest BCUT2D eigenvalue weighted by molar-refractivity contribution is -0.140. The topological polar surface area (TPSA) is 98.8 Å². The molecule has 4 rings (SSSR count). The first-order valence-corrected chi connectivity index (χ1v) is 11.9. The van der Waals surface area contributed by atoms with Crippen molar-refractivity contribution in [3.63, 3.8) is 0 Å². The fourth-order valence-corrected chi connectivity index (χ4v) is 4.77. The van der Waals surface area contributed by atoms with Gasteiger partial charge in [0.05, 0.1) is 11.7 Å². The minimum atomic E-state index is -0.287. The molecule has 1 aliphatic heterocycles. The molecule has 2 aliphatic carbocycles. The quantitative estimate of drug-likeness (QED) is 0.638. The third kappa shape index (κ3) is 6.42. The molecule has 2 atom stereocenters. The summed E-state index contributed by atoms with van der Waals surface area (Å²) in [6.07, 6.45) is 10.4. The van der Waals surface area contributed by atoms with E-state index < -0.39 is 0 Å². The summed E-state index contributed by atoms with van der Waals surface area (Å²) in [7, 11) is 0. The van der Waals surface area contributed by atoms with Crippen LogP contribution in [-0.2, 0) is 14.3 Å². The Morgan fingerprint density at radius 3 is 2.59 bits per heavy atom. The molecule has 1 aromatic rings. The lowest BCUT2D eigenvalue weighted by Gasteiger charge is -2.33. The summed E-state index contributed by atoms with van der Waals surface area (Å²) in [6, 6.07) is 3.58. The lowest BCUT2D eigenvalue weighted by Crippen LogP contribution is -2.42. The van der Waals surface area contributed by atoms with E-state index in [2.05, 4.69) is 15.6 Å². The van der Waals surface area contributed by atoms with Crippen molar-refractivity contribution < 1.29 is 23.8 Å². The monoisotopic (exact) mass is 445 g/mol. The fourth-order valence-electron chi connectivity index (χ4n) is 4.77. The Hall–Kier alpha value is -2.19. The number of ether oxygens (including phenoxy) is 3. The summed E-state index contributed by atoms with van der Waals surface area (Å²) in [5.41, 5.74) is 0.0798. The van der Waals surface area contributed by atoms with E-state index in [0.717, 1.165) is 38.5 Å². The van der Waals surface area contributed by atoms with E-state index >= 15 is 0 Å². The highest BCUT2D eigenvalue weighted by molar-refractivity contribution is 5.92. The van der Waals surface area contributed by atoms with Gasteiger partial charge in [0.2, 0.25) is 5.91 Å². The summed E-state index contributed by atoms with van der Waals surface area (Å²) < 4.78 is 17.2. The molecule has 176 valence electrons. The molecule has 8 nitrogen and oxygen atoms in total. The average Bonchev–Trinajstić information content (AvgIpc) is 3.45. The summed E-state index contributed by atoms with van der Waals surface area (Å²) in [5, 5.41) is 6.10. The maximum Gasteiger partial charge on any atom is 0.270 e. The molecule has 1 aromatic heterocycles. The fraction of sp³-hybridized carbons (Fsp3) is 0.708. The Bertz CT molecular complexity index is 790. The van der Waals surface area contributed by atoms with Crippen molar-refractivity contribution >= 4 is 11.8 Å². The highest BCUT2D eigenvalue weighted by atomic mass is 16.5. The van der Waals surface area contributed by atoms with Crippen molar-refractivity contribution in [1.82, 2.24) is 15.6 Å². The Labute approximate surface area is 189 Å². The zero-order chi connectivity index (χ0) is 22.4. The van der Waals surface area contributed by atoms with Gasteiger partial charge < -0.3 is 24.8 Å². The molecule has 0 bridgehead atoms. The zero-order valence-electron chi connectivity index (χ0n) is 18.9. The van der Waals surface area contributed by atoms with E-state index in [1.54, 1.807) is 18.3 Å². The minimum Gasteiger partial charge on any atom is -0.490 e. The van der Waals surface area contributed by atoms with Crippen LogP contribution in [0.3, 0.4) is 0 Å². The van der Waals surface area contributed by atoms with Gasteiger partial charge in [-0.15, -0.1) is 0 Å². The second kappa shape index (κ2) is 10.6. The molecule has 2 heterocycles. The van der Waals surface area contributed by atoms with Crippen LogP contribution in [0.5, 0.6) is 5.75 Å². The predicted molar refractivity (Wildman–Crippen MR) is 119 cm³/mol. The number of hydrogen-bond donors (Lipinski definition) is 2. The maximum atomic E-state index is 12.7. The van der Waals surface area contributed by atoms with Crippen LogP contribution in [0, 0.1) is 0 Å². The van der Waals surface area contributed by atoms with E-state index in [-0.39, 0.29) is 42.2 Å². The third-order valence-corrected chi connectivity index (χ3v) is 6.80. The molecule has 3 fully saturated rings. The third-order valence-electron chi connectivity index (χ3n) is 6.80. The molecule has 2 saturated carbocycles. The van der Waals surface area contributed by atoms with E-state index in [4.69, 9.17) is 14.2 Å². The molecule has 3 aliphatic rings. The highest BCUT2D eigenvalue weighted by Gasteiger charge is 2.31. The van der Waals surface area contributed by atoms with E-state index in [9.17, 15) is 9.59 Å². The highest BCUT2D eigenvalue weighted by Crippen LogP contribution is 2.26. The number of aromatic nitrogens is 1. The van der Waals surface area contributed by atoms with Gasteiger partial charge in [0, 0.05) is 37.6 Å². The number of carbonyl (C=O) groups excluding carboxylic acids is 2. The van der Waals surface area contributed by atoms with Crippen LogP contribution < -0.4 is 15.4 Å². The largest absolute Gasteiger partial charge is 0.490 e. The number of carbonyl (C=O) groups is 2. The van der Waals surface area contributed by atoms with Crippen molar-refractivity contribution in [1.29, 1.82) is 0 Å². The average molecular weight is 446 g/mol. The van der Waals surface area contributed by atoms with E-state index in [1.165, 1.54) is 12.8 Å². The van der Waals surface area contributed by atoms with Crippen molar-refractivity contribution in [3.8, 4) is 5.75 Å². The van der Waals surface area contributed by atoms with Crippen LogP contribution >= 0.6 is 0 Å². The molecule has 2 amide bonds. The van der Waals surface area contributed by atoms with Gasteiger partial charge in [0.25, 0.3) is 5.91 Å². The molecule has 0 aromatic carbocycles. The number of nitrogens with zero attached hydrogens (tertiary/aromatic N) is 1. The first-order chi connectivity index (χ1) is 15.5. The van der Waals surface area contributed by atoms with Gasteiger partial charge in [0.1, 0.15) is 18.1 Å². The molecule has 0 radical (unpaired) electrons. The van der Waals surface area contributed by atoms with Gasteiger partial charge >= 0.3 is 0 Å². The van der Waals surface area contributed by atoms with Crippen molar-refractivity contribution in [2.24, 2.45) is 0 Å². The summed E-state index contributed by atoms with van der Waals surface area (Å²) in [5.74, 6) is 0.398. The summed E-state index contributed by atoms with van der Waals surface area (Å²) in [4.78, 5) is 29.2. The second-order valence-electron chi connectivity index (χ2n) is 9.50. The van der Waals surface area contributed by atoms with Gasteiger partial charge in [-0.2, -0.15) is 0 Å². The predicted octanol–water partition coefficient (Wildman–Crippen LogP) is 2.76. The zero-order valence-corrected chi connectivity index (χ0v) is 18.9. The lowest BCUT2D eigenvalue weighted by atomic mass is 9.97. The molecule has 8 heteroatoms. The maximum absolute atomic E-state index is 12.7. The molecule has 0 unspecified atom stereocenters. The smallest absolute Gasteiger partial charge is 0.270 e. The molecule has 32 heavy (non-hydrogen) atoms. The van der Waals surface area contributed by atoms with Gasteiger partial charge in [-0.25, -0.2) is 0 Å². The van der Waals surface area contributed by atoms with Crippen LogP contribution in [0.15, 0.2) is 18.3 Å². The molecule has 0 spiro atoms. The number of rotatable bonds is 8. The van der Waals surface area contributed by atoms with Gasteiger partial charge in [-0.1, -0.05) is 0 Å². The van der Waals surface area contributed by atoms with Crippen molar-refractivity contribution in [2.45, 2.75) is 88.5 Å². The SMILES string of the molecule is CC1(OCC(=O)N[C@@H]2CC[C@H](NC(=O)c3cc(OC4CCCC4)ccn3)C2)CCOCC1. The Kier molecular flexibility index (Phi) is 7.63. The van der Waals surface area contributed by atoms with Crippen LogP contribution in [0.25, 0.3) is 0 Å². The number of hydrogen-bond acceptors (Lipinski definition) is 6.